The molecule has 1 heterocycles. The summed E-state index contributed by atoms with van der Waals surface area (Å²) in [4.78, 5) is 4.28. The van der Waals surface area contributed by atoms with E-state index in [0.29, 0.717) is 12.6 Å². The Morgan fingerprint density at radius 2 is 2.00 bits per heavy atom. The lowest BCUT2D eigenvalue weighted by Crippen LogP contribution is -2.21. The van der Waals surface area contributed by atoms with E-state index in [-0.39, 0.29) is 6.08 Å². The number of nitrogens with zero attached hydrogens (tertiary/aromatic N) is 1. The van der Waals surface area contributed by atoms with Crippen molar-refractivity contribution in [3.05, 3.63) is 41.8 Å². The summed E-state index contributed by atoms with van der Waals surface area (Å²) in [6.07, 6.45) is 4.14. The molecule has 20 heavy (non-hydrogen) atoms. The van der Waals surface area contributed by atoms with Gasteiger partial charge in [0.2, 0.25) is 0 Å². The molecular weight excluding hydrogens is 252 g/mol. The van der Waals surface area contributed by atoms with Gasteiger partial charge in [0.05, 0.1) is 5.69 Å². The van der Waals surface area contributed by atoms with Crippen molar-refractivity contribution in [2.45, 2.75) is 46.2 Å². The zero-order chi connectivity index (χ0) is 14.4. The molecule has 0 amide bonds. The minimum absolute atomic E-state index is 0.286. The van der Waals surface area contributed by atoms with E-state index in [1.807, 2.05) is 12.1 Å². The van der Waals surface area contributed by atoms with Crippen LogP contribution < -0.4 is 10.1 Å². The summed E-state index contributed by atoms with van der Waals surface area (Å²) >= 11 is 0. The smallest absolute Gasteiger partial charge is 0.399 e. The molecule has 0 spiro atoms. The van der Waals surface area contributed by atoms with Gasteiger partial charge in [-0.1, -0.05) is 39.3 Å². The van der Waals surface area contributed by atoms with E-state index in [0.717, 1.165) is 24.3 Å². The van der Waals surface area contributed by atoms with Gasteiger partial charge < -0.3 is 14.5 Å². The van der Waals surface area contributed by atoms with Crippen LogP contribution in [0.1, 0.15) is 38.4 Å². The summed E-state index contributed by atoms with van der Waals surface area (Å²) < 4.78 is 10.9. The van der Waals surface area contributed by atoms with Crippen LogP contribution >= 0.6 is 0 Å². The van der Waals surface area contributed by atoms with Gasteiger partial charge in [-0.25, -0.2) is 0 Å². The van der Waals surface area contributed by atoms with Gasteiger partial charge in [0.1, 0.15) is 12.0 Å². The van der Waals surface area contributed by atoms with Crippen LogP contribution in [0.4, 0.5) is 0 Å². The molecule has 4 nitrogen and oxygen atoms in total. The number of aryl methyl sites for hydroxylation is 1. The van der Waals surface area contributed by atoms with Crippen molar-refractivity contribution in [3.8, 4) is 11.8 Å². The maximum Gasteiger partial charge on any atom is 0.399 e. The van der Waals surface area contributed by atoms with Gasteiger partial charge in [-0.15, -0.1) is 0 Å². The number of hydrogen-bond donors (Lipinski definition) is 1. The summed E-state index contributed by atoms with van der Waals surface area (Å²) in [7, 11) is 0. The molecule has 0 atom stereocenters. The Labute approximate surface area is 120 Å². The predicted octanol–water partition coefficient (Wildman–Crippen LogP) is 3.92. The van der Waals surface area contributed by atoms with Crippen LogP contribution in [-0.2, 0) is 13.0 Å². The molecule has 0 bridgehead atoms. The quantitative estimate of drug-likeness (QED) is 0.831. The Balaban J connectivity index is 1.92. The average Bonchev–Trinajstić information content (AvgIpc) is 2.87. The van der Waals surface area contributed by atoms with Gasteiger partial charge >= 0.3 is 6.08 Å². The van der Waals surface area contributed by atoms with Gasteiger partial charge in [0, 0.05) is 12.6 Å². The zero-order valence-electron chi connectivity index (χ0n) is 12.3. The molecule has 0 aliphatic rings. The summed E-state index contributed by atoms with van der Waals surface area (Å²) in [5.74, 6) is 0.745. The highest BCUT2D eigenvalue weighted by atomic mass is 16.6. The van der Waals surface area contributed by atoms with Crippen LogP contribution in [0.3, 0.4) is 0 Å². The Morgan fingerprint density at radius 3 is 2.65 bits per heavy atom. The number of aromatic nitrogens is 1. The van der Waals surface area contributed by atoms with Crippen molar-refractivity contribution in [1.82, 2.24) is 10.3 Å². The average molecular weight is 274 g/mol. The van der Waals surface area contributed by atoms with Crippen LogP contribution in [0, 0.1) is 0 Å². The van der Waals surface area contributed by atoms with E-state index in [2.05, 4.69) is 43.2 Å². The predicted molar refractivity (Wildman–Crippen MR) is 79.0 cm³/mol. The molecule has 0 unspecified atom stereocenters. The minimum atomic E-state index is 0.286. The highest BCUT2D eigenvalue weighted by molar-refractivity contribution is 5.29. The third-order valence-corrected chi connectivity index (χ3v) is 2.89. The highest BCUT2D eigenvalue weighted by Crippen LogP contribution is 2.21. The fraction of sp³-hybridized carbons (Fsp3) is 0.438. The highest BCUT2D eigenvalue weighted by Gasteiger charge is 2.06. The summed E-state index contributed by atoms with van der Waals surface area (Å²) in [5.41, 5.74) is 2.16. The second-order valence-electron chi connectivity index (χ2n) is 5.14. The number of benzene rings is 1. The van der Waals surface area contributed by atoms with Gasteiger partial charge in [0.15, 0.2) is 0 Å². The molecule has 2 aromatic rings. The molecule has 1 aromatic carbocycles. The van der Waals surface area contributed by atoms with Gasteiger partial charge in [-0.2, -0.15) is 4.98 Å². The van der Waals surface area contributed by atoms with Crippen molar-refractivity contribution in [1.29, 1.82) is 0 Å². The lowest BCUT2D eigenvalue weighted by Gasteiger charge is -2.04. The zero-order valence-corrected chi connectivity index (χ0v) is 12.3. The van der Waals surface area contributed by atoms with Crippen LogP contribution in [0.15, 0.2) is 34.9 Å². The van der Waals surface area contributed by atoms with Gasteiger partial charge in [-0.05, 0) is 24.1 Å². The number of nitrogens with one attached hydrogen (secondary N) is 1. The van der Waals surface area contributed by atoms with Crippen LogP contribution in [0.25, 0.3) is 0 Å². The van der Waals surface area contributed by atoms with E-state index < -0.39 is 0 Å². The van der Waals surface area contributed by atoms with Crippen molar-refractivity contribution in [2.24, 2.45) is 0 Å². The number of ether oxygens (including phenoxy) is 1. The summed E-state index contributed by atoms with van der Waals surface area (Å²) in [6, 6.07) is 8.45. The molecule has 0 aliphatic carbocycles. The molecule has 2 rings (SSSR count). The van der Waals surface area contributed by atoms with Crippen molar-refractivity contribution < 1.29 is 9.15 Å². The maximum absolute atomic E-state index is 5.59. The Morgan fingerprint density at radius 1 is 1.25 bits per heavy atom. The second kappa shape index (κ2) is 7.10. The summed E-state index contributed by atoms with van der Waals surface area (Å²) in [5, 5.41) is 3.28. The third-order valence-electron chi connectivity index (χ3n) is 2.89. The van der Waals surface area contributed by atoms with E-state index in [4.69, 9.17) is 9.15 Å². The lowest BCUT2D eigenvalue weighted by atomic mass is 10.1. The molecule has 4 heteroatoms. The topological polar surface area (TPSA) is 47.3 Å². The third kappa shape index (κ3) is 4.38. The molecule has 0 radical (unpaired) electrons. The van der Waals surface area contributed by atoms with Crippen molar-refractivity contribution in [2.75, 3.05) is 0 Å². The molecule has 0 fully saturated rings. The van der Waals surface area contributed by atoms with E-state index in [1.54, 1.807) is 6.26 Å². The van der Waals surface area contributed by atoms with E-state index >= 15 is 0 Å². The molecular formula is C16H22N2O2. The molecule has 0 saturated heterocycles. The number of rotatable bonds is 7. The first-order chi connectivity index (χ1) is 9.67. The number of oxazole rings is 1. The molecule has 0 saturated carbocycles. The monoisotopic (exact) mass is 274 g/mol. The maximum atomic E-state index is 5.59. The first-order valence-corrected chi connectivity index (χ1v) is 7.12. The van der Waals surface area contributed by atoms with Gasteiger partial charge in [0.25, 0.3) is 0 Å². The van der Waals surface area contributed by atoms with Crippen molar-refractivity contribution in [3.63, 3.8) is 0 Å². The second-order valence-corrected chi connectivity index (χ2v) is 5.14. The van der Waals surface area contributed by atoms with Crippen LogP contribution in [0.5, 0.6) is 11.8 Å². The van der Waals surface area contributed by atoms with Gasteiger partial charge in [-0.3, -0.25) is 0 Å². The van der Waals surface area contributed by atoms with Crippen LogP contribution in [-0.4, -0.2) is 11.0 Å². The fourth-order valence-electron chi connectivity index (χ4n) is 1.84. The standard InChI is InChI=1S/C16H22N2O2/c1-4-5-13-6-8-15(9-7-13)20-16-18-14(11-19-16)10-17-12(2)3/h6-9,11-12,17H,4-5,10H2,1-3H3. The summed E-state index contributed by atoms with van der Waals surface area (Å²) in [6.45, 7) is 7.04. The lowest BCUT2D eigenvalue weighted by molar-refractivity contribution is 0.330. The van der Waals surface area contributed by atoms with Crippen LogP contribution in [0.2, 0.25) is 0 Å². The minimum Gasteiger partial charge on any atom is -0.417 e. The Bertz CT molecular complexity index is 518. The Hall–Kier alpha value is -1.81. The SMILES string of the molecule is CCCc1ccc(Oc2nc(CNC(C)C)co2)cc1. The van der Waals surface area contributed by atoms with Crippen molar-refractivity contribution >= 4 is 0 Å². The molecule has 0 aliphatic heterocycles. The molecule has 1 N–H and O–H groups in total. The number of hydrogen-bond acceptors (Lipinski definition) is 4. The normalized spacial score (nSPS) is 11.0. The first kappa shape index (κ1) is 14.6. The molecule has 1 aromatic heterocycles. The molecule has 108 valence electrons. The first-order valence-electron chi connectivity index (χ1n) is 7.12. The van der Waals surface area contributed by atoms with E-state index in [1.165, 1.54) is 5.56 Å². The Kier molecular flexibility index (Phi) is 5.18. The van der Waals surface area contributed by atoms with E-state index in [9.17, 15) is 0 Å². The largest absolute Gasteiger partial charge is 0.417 e. The fourth-order valence-corrected chi connectivity index (χ4v) is 1.84.